The molecule has 2 unspecified atom stereocenters. The molecule has 2 aromatic rings. The van der Waals surface area contributed by atoms with Crippen LogP contribution in [0, 0.1) is 0 Å². The van der Waals surface area contributed by atoms with Gasteiger partial charge in [-0.25, -0.2) is 4.79 Å². The van der Waals surface area contributed by atoms with Gasteiger partial charge in [0.1, 0.15) is 5.60 Å². The van der Waals surface area contributed by atoms with Crippen LogP contribution in [0.1, 0.15) is 33.6 Å². The van der Waals surface area contributed by atoms with E-state index in [1.807, 2.05) is 25.7 Å². The molecule has 7 nitrogen and oxygen atoms in total. The number of piperazine rings is 1. The van der Waals surface area contributed by atoms with Crippen LogP contribution >= 0.6 is 15.9 Å². The standard InChI is InChI=1S/C19H21BrF3N3O4/c1-18(2,3)30-17(27)26-10-4-5-11(26)9-25(8-10)16-24-14-13(29-19(21,22)23)7-6-12(20)15(14)28-16/h6-7,10-11H,4-5,8-9H2,1-3H3. The molecule has 2 atom stereocenters. The molecule has 3 heterocycles. The van der Waals surface area contributed by atoms with Crippen molar-refractivity contribution in [2.75, 3.05) is 18.0 Å². The Morgan fingerprint density at radius 1 is 1.20 bits per heavy atom. The molecule has 2 fully saturated rings. The van der Waals surface area contributed by atoms with Crippen molar-refractivity contribution in [3.05, 3.63) is 16.6 Å². The van der Waals surface area contributed by atoms with Crippen molar-refractivity contribution in [2.45, 2.75) is 57.7 Å². The second-order valence-corrected chi connectivity index (χ2v) is 9.30. The predicted molar refractivity (Wildman–Crippen MR) is 105 cm³/mol. The van der Waals surface area contributed by atoms with E-state index in [1.165, 1.54) is 12.1 Å². The van der Waals surface area contributed by atoms with Gasteiger partial charge in [-0.15, -0.1) is 13.2 Å². The van der Waals surface area contributed by atoms with Crippen LogP contribution in [0.25, 0.3) is 11.1 Å². The Kier molecular flexibility index (Phi) is 5.06. The van der Waals surface area contributed by atoms with Crippen LogP contribution < -0.4 is 9.64 Å². The van der Waals surface area contributed by atoms with Crippen molar-refractivity contribution in [1.29, 1.82) is 0 Å². The molecular weight excluding hydrogens is 471 g/mol. The summed E-state index contributed by atoms with van der Waals surface area (Å²) in [5.74, 6) is -0.425. The number of ether oxygens (including phenoxy) is 2. The largest absolute Gasteiger partial charge is 0.573 e. The Morgan fingerprint density at radius 2 is 1.83 bits per heavy atom. The van der Waals surface area contributed by atoms with E-state index in [1.54, 1.807) is 4.90 Å². The van der Waals surface area contributed by atoms with E-state index >= 15 is 0 Å². The molecule has 11 heteroatoms. The van der Waals surface area contributed by atoms with Crippen LogP contribution in [0.15, 0.2) is 21.0 Å². The number of nitrogens with zero attached hydrogens (tertiary/aromatic N) is 3. The number of amides is 1. The number of anilines is 1. The molecule has 164 valence electrons. The zero-order valence-corrected chi connectivity index (χ0v) is 18.2. The predicted octanol–water partition coefficient (Wildman–Crippen LogP) is 5.08. The van der Waals surface area contributed by atoms with Crippen molar-refractivity contribution in [3.63, 3.8) is 0 Å². The first-order chi connectivity index (χ1) is 13.9. The number of hydrogen-bond donors (Lipinski definition) is 0. The maximum Gasteiger partial charge on any atom is 0.573 e. The lowest BCUT2D eigenvalue weighted by Gasteiger charge is -2.40. The summed E-state index contributed by atoms with van der Waals surface area (Å²) in [6.45, 7) is 6.37. The highest BCUT2D eigenvalue weighted by Gasteiger charge is 2.45. The lowest BCUT2D eigenvalue weighted by Crippen LogP contribution is -2.56. The van der Waals surface area contributed by atoms with Gasteiger partial charge in [0.05, 0.1) is 16.6 Å². The zero-order valence-electron chi connectivity index (χ0n) is 16.6. The molecule has 1 aromatic carbocycles. The molecule has 4 rings (SSSR count). The fraction of sp³-hybridized carbons (Fsp3) is 0.579. The van der Waals surface area contributed by atoms with Crippen LogP contribution in [0.4, 0.5) is 24.0 Å². The van der Waals surface area contributed by atoms with E-state index in [2.05, 4.69) is 25.7 Å². The molecule has 0 radical (unpaired) electrons. The summed E-state index contributed by atoms with van der Waals surface area (Å²) < 4.78 is 54.0. The van der Waals surface area contributed by atoms with E-state index in [0.717, 1.165) is 12.8 Å². The van der Waals surface area contributed by atoms with Crippen molar-refractivity contribution < 1.29 is 31.9 Å². The molecular formula is C19H21BrF3N3O4. The quantitative estimate of drug-likeness (QED) is 0.583. The van der Waals surface area contributed by atoms with Crippen LogP contribution in [0.3, 0.4) is 0 Å². The molecule has 0 spiro atoms. The van der Waals surface area contributed by atoms with Gasteiger partial charge in [0.25, 0.3) is 6.01 Å². The fourth-order valence-corrected chi connectivity index (χ4v) is 4.36. The highest BCUT2D eigenvalue weighted by molar-refractivity contribution is 9.10. The first-order valence-corrected chi connectivity index (χ1v) is 10.3. The number of aromatic nitrogens is 1. The van der Waals surface area contributed by atoms with Crippen LogP contribution in [-0.2, 0) is 4.74 Å². The number of benzene rings is 1. The maximum atomic E-state index is 12.7. The first-order valence-electron chi connectivity index (χ1n) is 9.52. The van der Waals surface area contributed by atoms with Gasteiger partial charge in [0.2, 0.25) is 0 Å². The number of carbonyl (C=O) groups is 1. The van der Waals surface area contributed by atoms with Gasteiger partial charge < -0.3 is 18.8 Å². The van der Waals surface area contributed by atoms with Crippen LogP contribution in [-0.4, -0.2) is 53.1 Å². The van der Waals surface area contributed by atoms with Crippen molar-refractivity contribution in [2.24, 2.45) is 0 Å². The summed E-state index contributed by atoms with van der Waals surface area (Å²) in [5, 5.41) is 0. The molecule has 2 saturated heterocycles. The lowest BCUT2D eigenvalue weighted by atomic mass is 10.2. The number of rotatable bonds is 2. The molecule has 0 aliphatic carbocycles. The third-order valence-electron chi connectivity index (χ3n) is 5.03. The van der Waals surface area contributed by atoms with Gasteiger partial charge >= 0.3 is 12.5 Å². The number of hydrogen-bond acceptors (Lipinski definition) is 6. The first kappa shape index (κ1) is 21.1. The maximum absolute atomic E-state index is 12.7. The van der Waals surface area contributed by atoms with E-state index < -0.39 is 17.7 Å². The number of oxazole rings is 1. The average molecular weight is 492 g/mol. The van der Waals surface area contributed by atoms with E-state index in [9.17, 15) is 18.0 Å². The van der Waals surface area contributed by atoms with E-state index in [0.29, 0.717) is 17.6 Å². The smallest absolute Gasteiger partial charge is 0.444 e. The van der Waals surface area contributed by atoms with Crippen LogP contribution in [0.2, 0.25) is 0 Å². The van der Waals surface area contributed by atoms with E-state index in [-0.39, 0.29) is 35.3 Å². The molecule has 30 heavy (non-hydrogen) atoms. The Hall–Kier alpha value is -2.17. The second-order valence-electron chi connectivity index (χ2n) is 8.45. The minimum absolute atomic E-state index is 0.0152. The molecule has 1 aromatic heterocycles. The molecule has 2 aliphatic rings. The fourth-order valence-electron chi connectivity index (χ4n) is 3.96. The molecule has 0 saturated carbocycles. The van der Waals surface area contributed by atoms with Crippen molar-refractivity contribution >= 4 is 39.1 Å². The minimum atomic E-state index is -4.84. The summed E-state index contributed by atoms with van der Waals surface area (Å²) in [6, 6.07) is 2.65. The van der Waals surface area contributed by atoms with Gasteiger partial charge in [-0.1, -0.05) is 0 Å². The zero-order chi connectivity index (χ0) is 21.8. The van der Waals surface area contributed by atoms with Gasteiger partial charge in [-0.3, -0.25) is 4.90 Å². The summed E-state index contributed by atoms with van der Waals surface area (Å²) in [7, 11) is 0. The third-order valence-corrected chi connectivity index (χ3v) is 5.65. The Bertz CT molecular complexity index is 958. The van der Waals surface area contributed by atoms with Gasteiger partial charge in [0, 0.05) is 13.1 Å². The van der Waals surface area contributed by atoms with E-state index in [4.69, 9.17) is 9.15 Å². The molecule has 2 bridgehead atoms. The van der Waals surface area contributed by atoms with Crippen molar-refractivity contribution in [1.82, 2.24) is 9.88 Å². The monoisotopic (exact) mass is 491 g/mol. The summed E-state index contributed by atoms with van der Waals surface area (Å²) >= 11 is 3.28. The average Bonchev–Trinajstić information content (AvgIpc) is 3.15. The lowest BCUT2D eigenvalue weighted by molar-refractivity contribution is -0.274. The highest BCUT2D eigenvalue weighted by Crippen LogP contribution is 2.39. The summed E-state index contributed by atoms with van der Waals surface area (Å²) in [6.07, 6.45) is -3.56. The third kappa shape index (κ3) is 4.17. The SMILES string of the molecule is CC(C)(C)OC(=O)N1C2CCC1CN(c1nc3c(OC(F)(F)F)ccc(Br)c3o1)C2. The molecule has 1 amide bonds. The number of fused-ring (bicyclic) bond motifs is 3. The van der Waals surface area contributed by atoms with Gasteiger partial charge in [-0.2, -0.15) is 4.98 Å². The minimum Gasteiger partial charge on any atom is -0.444 e. The molecule has 0 N–H and O–H groups in total. The normalized spacial score (nSPS) is 22.0. The van der Waals surface area contributed by atoms with Crippen molar-refractivity contribution in [3.8, 4) is 5.75 Å². The highest BCUT2D eigenvalue weighted by atomic mass is 79.9. The number of alkyl halides is 3. The van der Waals surface area contributed by atoms with Gasteiger partial charge in [-0.05, 0) is 61.7 Å². The second kappa shape index (κ2) is 7.21. The Morgan fingerprint density at radius 3 is 2.40 bits per heavy atom. The number of carbonyl (C=O) groups excluding carboxylic acids is 1. The van der Waals surface area contributed by atoms with Gasteiger partial charge in [0.15, 0.2) is 16.8 Å². The topological polar surface area (TPSA) is 68.0 Å². The Labute approximate surface area is 179 Å². The number of halogens is 4. The molecule has 2 aliphatic heterocycles. The van der Waals surface area contributed by atoms with Crippen LogP contribution in [0.5, 0.6) is 5.75 Å². The summed E-state index contributed by atoms with van der Waals surface area (Å²) in [5.41, 5.74) is -0.429. The summed E-state index contributed by atoms with van der Waals surface area (Å²) in [4.78, 5) is 20.5. The Balaban J connectivity index is 1.58.